The first kappa shape index (κ1) is 19.1. The van der Waals surface area contributed by atoms with E-state index in [1.54, 1.807) is 19.5 Å². The lowest BCUT2D eigenvalue weighted by Gasteiger charge is -2.32. The number of hydrogen-bond acceptors (Lipinski definition) is 5. The van der Waals surface area contributed by atoms with Crippen LogP contribution in [0.1, 0.15) is 30.0 Å². The van der Waals surface area contributed by atoms with Gasteiger partial charge in [-0.1, -0.05) is 18.2 Å². The molecule has 1 saturated heterocycles. The van der Waals surface area contributed by atoms with Crippen LogP contribution in [0, 0.1) is 0 Å². The van der Waals surface area contributed by atoms with Crippen LogP contribution >= 0.6 is 0 Å². The summed E-state index contributed by atoms with van der Waals surface area (Å²) in [6, 6.07) is 11.8. The van der Waals surface area contributed by atoms with Crippen LogP contribution in [0.4, 0.5) is 0 Å². The Morgan fingerprint density at radius 2 is 1.86 bits per heavy atom. The van der Waals surface area contributed by atoms with Gasteiger partial charge in [0.25, 0.3) is 0 Å². The number of aromatic nitrogens is 3. The van der Waals surface area contributed by atoms with E-state index in [0.717, 1.165) is 54.1 Å². The average molecular weight is 388 g/mol. The zero-order valence-corrected chi connectivity index (χ0v) is 16.5. The molecular weight excluding hydrogens is 364 g/mol. The predicted molar refractivity (Wildman–Crippen MR) is 111 cm³/mol. The van der Waals surface area contributed by atoms with E-state index in [0.29, 0.717) is 6.42 Å². The number of amides is 1. The molecule has 3 aromatic rings. The number of likely N-dealkylation sites (tertiary alicyclic amines) is 1. The summed E-state index contributed by atoms with van der Waals surface area (Å²) >= 11 is 0. The van der Waals surface area contributed by atoms with Crippen LogP contribution in [0.5, 0.6) is 5.75 Å². The Labute approximate surface area is 170 Å². The Morgan fingerprint density at radius 1 is 1.07 bits per heavy atom. The number of nitrogens with zero attached hydrogens (tertiary/aromatic N) is 4. The minimum atomic E-state index is 0.165. The molecule has 0 bridgehead atoms. The van der Waals surface area contributed by atoms with E-state index in [-0.39, 0.29) is 11.8 Å². The lowest BCUT2D eigenvalue weighted by molar-refractivity contribution is -0.131. The maximum Gasteiger partial charge on any atom is 0.227 e. The topological polar surface area (TPSA) is 68.2 Å². The molecule has 1 amide bonds. The number of carbonyl (C=O) groups is 1. The van der Waals surface area contributed by atoms with Crippen molar-refractivity contribution < 1.29 is 9.53 Å². The van der Waals surface area contributed by atoms with Crippen molar-refractivity contribution >= 4 is 5.91 Å². The third-order valence-electron chi connectivity index (χ3n) is 5.39. The molecule has 1 aromatic carbocycles. The fraction of sp³-hybridized carbons (Fsp3) is 0.304. The van der Waals surface area contributed by atoms with Gasteiger partial charge in [-0.25, -0.2) is 9.97 Å². The van der Waals surface area contributed by atoms with Crippen molar-refractivity contribution in [1.29, 1.82) is 0 Å². The van der Waals surface area contributed by atoms with Gasteiger partial charge >= 0.3 is 0 Å². The van der Waals surface area contributed by atoms with E-state index < -0.39 is 0 Å². The van der Waals surface area contributed by atoms with E-state index in [1.165, 1.54) is 6.33 Å². The summed E-state index contributed by atoms with van der Waals surface area (Å²) in [5, 5.41) is 0. The smallest absolute Gasteiger partial charge is 0.227 e. The summed E-state index contributed by atoms with van der Waals surface area (Å²) in [6.45, 7) is 1.53. The molecule has 0 aliphatic carbocycles. The van der Waals surface area contributed by atoms with E-state index in [1.807, 2.05) is 35.4 Å². The molecule has 0 saturated carbocycles. The average Bonchev–Trinajstić information content (AvgIpc) is 2.80. The van der Waals surface area contributed by atoms with Gasteiger partial charge in [0.2, 0.25) is 5.91 Å². The van der Waals surface area contributed by atoms with Gasteiger partial charge in [0.15, 0.2) is 0 Å². The van der Waals surface area contributed by atoms with Gasteiger partial charge < -0.3 is 9.64 Å². The van der Waals surface area contributed by atoms with Gasteiger partial charge in [0, 0.05) is 54.4 Å². The van der Waals surface area contributed by atoms with Crippen molar-refractivity contribution in [3.05, 3.63) is 72.6 Å². The van der Waals surface area contributed by atoms with Crippen molar-refractivity contribution in [3.8, 4) is 16.9 Å². The number of hydrogen-bond donors (Lipinski definition) is 0. The molecule has 148 valence electrons. The van der Waals surface area contributed by atoms with Crippen molar-refractivity contribution in [2.45, 2.75) is 25.2 Å². The Bertz CT molecular complexity index is 943. The lowest BCUT2D eigenvalue weighted by atomic mass is 9.93. The summed E-state index contributed by atoms with van der Waals surface area (Å²) in [4.78, 5) is 27.6. The Kier molecular flexibility index (Phi) is 5.79. The predicted octanol–water partition coefficient (Wildman–Crippen LogP) is 3.50. The molecule has 0 N–H and O–H groups in total. The molecule has 4 rings (SSSR count). The summed E-state index contributed by atoms with van der Waals surface area (Å²) < 4.78 is 5.18. The van der Waals surface area contributed by atoms with Crippen LogP contribution < -0.4 is 4.74 Å². The largest absolute Gasteiger partial charge is 0.497 e. The molecule has 1 aliphatic rings. The molecular formula is C23H24N4O2. The number of rotatable bonds is 5. The Morgan fingerprint density at radius 3 is 2.55 bits per heavy atom. The van der Waals surface area contributed by atoms with Gasteiger partial charge in [-0.15, -0.1) is 0 Å². The molecule has 1 fully saturated rings. The highest BCUT2D eigenvalue weighted by Crippen LogP contribution is 2.27. The maximum absolute atomic E-state index is 12.8. The van der Waals surface area contributed by atoms with Gasteiger partial charge in [0.05, 0.1) is 13.5 Å². The number of ether oxygens (including phenoxy) is 1. The maximum atomic E-state index is 12.8. The van der Waals surface area contributed by atoms with Crippen LogP contribution in [-0.2, 0) is 11.2 Å². The molecule has 0 radical (unpaired) electrons. The highest BCUT2D eigenvalue weighted by molar-refractivity contribution is 5.79. The second kappa shape index (κ2) is 8.82. The van der Waals surface area contributed by atoms with E-state index >= 15 is 0 Å². The lowest BCUT2D eigenvalue weighted by Crippen LogP contribution is -2.40. The van der Waals surface area contributed by atoms with E-state index in [2.05, 4.69) is 27.1 Å². The number of carbonyl (C=O) groups excluding carboxylic acids is 1. The van der Waals surface area contributed by atoms with Gasteiger partial charge in [-0.3, -0.25) is 9.78 Å². The third-order valence-corrected chi connectivity index (χ3v) is 5.39. The SMILES string of the molecule is COc1ccc(CC(=O)N2CCC[C@@H](c3ccc(-c4cncnc4)cn3)C2)cc1. The number of pyridine rings is 1. The van der Waals surface area contributed by atoms with Crippen LogP contribution in [-0.4, -0.2) is 46.0 Å². The summed E-state index contributed by atoms with van der Waals surface area (Å²) in [7, 11) is 1.64. The highest BCUT2D eigenvalue weighted by Gasteiger charge is 2.25. The summed E-state index contributed by atoms with van der Waals surface area (Å²) in [6.07, 6.45) is 9.41. The van der Waals surface area contributed by atoms with Crippen LogP contribution in [0.3, 0.4) is 0 Å². The highest BCUT2D eigenvalue weighted by atomic mass is 16.5. The van der Waals surface area contributed by atoms with Crippen LogP contribution in [0.2, 0.25) is 0 Å². The molecule has 2 aromatic heterocycles. The molecule has 3 heterocycles. The van der Waals surface area contributed by atoms with Crippen molar-refractivity contribution in [2.75, 3.05) is 20.2 Å². The second-order valence-corrected chi connectivity index (χ2v) is 7.30. The van der Waals surface area contributed by atoms with Crippen molar-refractivity contribution in [2.24, 2.45) is 0 Å². The van der Waals surface area contributed by atoms with E-state index in [9.17, 15) is 4.79 Å². The van der Waals surface area contributed by atoms with Gasteiger partial charge in [-0.05, 0) is 36.6 Å². The standard InChI is InChI=1S/C23H24N4O2/c1-29-21-7-4-17(5-8-21)11-23(28)27-10-2-3-19(15-27)22-9-6-18(14-26-22)20-12-24-16-25-13-20/h4-9,12-14,16,19H,2-3,10-11,15H2,1H3/t19-/m1/s1. The van der Waals surface area contributed by atoms with Gasteiger partial charge in [-0.2, -0.15) is 0 Å². The minimum Gasteiger partial charge on any atom is -0.497 e. The Hall–Kier alpha value is -3.28. The molecule has 0 unspecified atom stereocenters. The van der Waals surface area contributed by atoms with Crippen LogP contribution in [0.25, 0.3) is 11.1 Å². The fourth-order valence-electron chi connectivity index (χ4n) is 3.74. The number of methoxy groups -OCH3 is 1. The van der Waals surface area contributed by atoms with Crippen molar-refractivity contribution in [3.63, 3.8) is 0 Å². The number of piperidine rings is 1. The third kappa shape index (κ3) is 4.59. The monoisotopic (exact) mass is 388 g/mol. The first-order chi connectivity index (χ1) is 14.2. The molecule has 0 spiro atoms. The van der Waals surface area contributed by atoms with E-state index in [4.69, 9.17) is 4.74 Å². The van der Waals surface area contributed by atoms with Crippen molar-refractivity contribution in [1.82, 2.24) is 19.9 Å². The molecule has 29 heavy (non-hydrogen) atoms. The normalized spacial score (nSPS) is 16.4. The minimum absolute atomic E-state index is 0.165. The summed E-state index contributed by atoms with van der Waals surface area (Å²) in [5.74, 6) is 1.23. The molecule has 1 aliphatic heterocycles. The molecule has 6 nitrogen and oxygen atoms in total. The number of benzene rings is 1. The summed E-state index contributed by atoms with van der Waals surface area (Å²) in [5.41, 5.74) is 3.99. The van der Waals surface area contributed by atoms with Crippen LogP contribution in [0.15, 0.2) is 61.3 Å². The molecule has 6 heteroatoms. The quantitative estimate of drug-likeness (QED) is 0.669. The zero-order valence-electron chi connectivity index (χ0n) is 16.5. The second-order valence-electron chi connectivity index (χ2n) is 7.30. The fourth-order valence-corrected chi connectivity index (χ4v) is 3.74. The van der Waals surface area contributed by atoms with Gasteiger partial charge in [0.1, 0.15) is 12.1 Å². The first-order valence-electron chi connectivity index (χ1n) is 9.85. The first-order valence-corrected chi connectivity index (χ1v) is 9.85. The molecule has 1 atom stereocenters. The zero-order chi connectivity index (χ0) is 20.1. The Balaban J connectivity index is 1.40.